The van der Waals surface area contributed by atoms with Crippen LogP contribution < -0.4 is 4.74 Å². The molecular weight excluding hydrogens is 369 g/mol. The summed E-state index contributed by atoms with van der Waals surface area (Å²) in [5, 5.41) is 0. The van der Waals surface area contributed by atoms with Crippen LogP contribution in [0.1, 0.15) is 47.4 Å². The lowest BCUT2D eigenvalue weighted by atomic mass is 10.1. The predicted octanol–water partition coefficient (Wildman–Crippen LogP) is 5.58. The Morgan fingerprint density at radius 3 is 2.55 bits per heavy atom. The van der Waals surface area contributed by atoms with Crippen molar-refractivity contribution in [3.05, 3.63) is 89.6 Å². The van der Waals surface area contributed by atoms with Crippen LogP contribution >= 0.6 is 0 Å². The molecule has 1 saturated carbocycles. The maximum Gasteiger partial charge on any atom is 0.290 e. The van der Waals surface area contributed by atoms with Crippen LogP contribution in [-0.4, -0.2) is 16.8 Å². The van der Waals surface area contributed by atoms with Crippen molar-refractivity contribution in [3.8, 4) is 5.75 Å². The van der Waals surface area contributed by atoms with Gasteiger partial charge in [-0.3, -0.25) is 4.79 Å². The number of hydrogen-bond donors (Lipinski definition) is 0. The van der Waals surface area contributed by atoms with Crippen LogP contribution in [0.3, 0.4) is 0 Å². The summed E-state index contributed by atoms with van der Waals surface area (Å²) in [6, 6.07) is 17.7. The van der Waals surface area contributed by atoms with E-state index in [4.69, 9.17) is 9.15 Å². The molecule has 1 aliphatic carbocycles. The minimum Gasteiger partial charge on any atom is -0.489 e. The van der Waals surface area contributed by atoms with Crippen molar-refractivity contribution < 1.29 is 18.3 Å². The number of carbonyl (C=O) groups is 1. The summed E-state index contributed by atoms with van der Waals surface area (Å²) >= 11 is 0. The van der Waals surface area contributed by atoms with E-state index in [1.807, 2.05) is 29.2 Å². The minimum absolute atomic E-state index is 0.0699. The van der Waals surface area contributed by atoms with Gasteiger partial charge in [0.25, 0.3) is 5.91 Å². The molecule has 0 aliphatic heterocycles. The number of halogens is 1. The van der Waals surface area contributed by atoms with E-state index < -0.39 is 0 Å². The molecule has 4 rings (SSSR count). The summed E-state index contributed by atoms with van der Waals surface area (Å²) in [4.78, 5) is 14.9. The standard InChI is InChI=1S/C24H24FNO3/c25-20-12-10-18(11-13-20)17-29-22-8-3-5-19(15-22)16-26(21-6-1-2-7-21)24(27)23-9-4-14-28-23/h3-5,8-15,21H,1-2,6-7,16-17H2. The maximum absolute atomic E-state index is 13.0. The number of benzene rings is 2. The van der Waals surface area contributed by atoms with E-state index in [9.17, 15) is 9.18 Å². The Kier molecular flexibility index (Phi) is 5.94. The summed E-state index contributed by atoms with van der Waals surface area (Å²) in [6.45, 7) is 0.874. The molecule has 0 N–H and O–H groups in total. The number of ether oxygens (including phenoxy) is 1. The summed E-state index contributed by atoms with van der Waals surface area (Å²) < 4.78 is 24.3. The molecule has 0 unspecified atom stereocenters. The van der Waals surface area contributed by atoms with Gasteiger partial charge in [-0.2, -0.15) is 0 Å². The van der Waals surface area contributed by atoms with Gasteiger partial charge in [-0.15, -0.1) is 0 Å². The summed E-state index contributed by atoms with van der Waals surface area (Å²) in [6.07, 6.45) is 5.87. The predicted molar refractivity (Wildman–Crippen MR) is 108 cm³/mol. The van der Waals surface area contributed by atoms with Crippen molar-refractivity contribution in [3.63, 3.8) is 0 Å². The summed E-state index contributed by atoms with van der Waals surface area (Å²) in [5.41, 5.74) is 1.91. The van der Waals surface area contributed by atoms with Crippen molar-refractivity contribution in [2.24, 2.45) is 0 Å². The molecule has 1 fully saturated rings. The molecule has 150 valence electrons. The van der Waals surface area contributed by atoms with Crippen LogP contribution in [0.4, 0.5) is 4.39 Å². The van der Waals surface area contributed by atoms with E-state index in [1.165, 1.54) is 18.4 Å². The van der Waals surface area contributed by atoms with Crippen molar-refractivity contribution in [2.45, 2.75) is 44.9 Å². The average molecular weight is 393 g/mol. The van der Waals surface area contributed by atoms with Gasteiger partial charge in [-0.25, -0.2) is 4.39 Å². The van der Waals surface area contributed by atoms with Crippen LogP contribution in [0.25, 0.3) is 0 Å². The van der Waals surface area contributed by atoms with E-state index in [2.05, 4.69) is 0 Å². The SMILES string of the molecule is O=C(c1ccco1)N(Cc1cccc(OCc2ccc(F)cc2)c1)C1CCCC1. The Morgan fingerprint density at radius 1 is 1.03 bits per heavy atom. The Balaban J connectivity index is 1.46. The van der Waals surface area contributed by atoms with Gasteiger partial charge >= 0.3 is 0 Å². The van der Waals surface area contributed by atoms with Gasteiger partial charge in [0, 0.05) is 12.6 Å². The highest BCUT2D eigenvalue weighted by Crippen LogP contribution is 2.27. The zero-order chi connectivity index (χ0) is 20.1. The molecule has 4 nitrogen and oxygen atoms in total. The molecule has 1 amide bonds. The maximum atomic E-state index is 13.0. The van der Waals surface area contributed by atoms with E-state index >= 15 is 0 Å². The van der Waals surface area contributed by atoms with Crippen LogP contribution in [-0.2, 0) is 13.2 Å². The molecule has 1 aromatic heterocycles. The lowest BCUT2D eigenvalue weighted by Crippen LogP contribution is -2.38. The minimum atomic E-state index is -0.260. The lowest BCUT2D eigenvalue weighted by molar-refractivity contribution is 0.0631. The molecule has 1 heterocycles. The first-order valence-corrected chi connectivity index (χ1v) is 10.00. The van der Waals surface area contributed by atoms with Gasteiger partial charge in [-0.05, 0) is 60.4 Å². The number of amides is 1. The van der Waals surface area contributed by atoms with Crippen molar-refractivity contribution in [1.82, 2.24) is 4.90 Å². The van der Waals surface area contributed by atoms with E-state index in [0.717, 1.165) is 42.6 Å². The topological polar surface area (TPSA) is 42.7 Å². The monoisotopic (exact) mass is 393 g/mol. The largest absolute Gasteiger partial charge is 0.489 e. The number of rotatable bonds is 7. The highest BCUT2D eigenvalue weighted by Gasteiger charge is 2.28. The first-order chi connectivity index (χ1) is 14.2. The molecule has 5 heteroatoms. The van der Waals surface area contributed by atoms with E-state index in [1.54, 1.807) is 24.3 Å². The van der Waals surface area contributed by atoms with Gasteiger partial charge in [0.15, 0.2) is 5.76 Å². The third kappa shape index (κ3) is 4.86. The van der Waals surface area contributed by atoms with Gasteiger partial charge in [0.05, 0.1) is 6.26 Å². The van der Waals surface area contributed by atoms with E-state index in [-0.39, 0.29) is 17.8 Å². The zero-order valence-corrected chi connectivity index (χ0v) is 16.2. The van der Waals surface area contributed by atoms with Crippen LogP contribution in [0.15, 0.2) is 71.3 Å². The molecule has 1 aliphatic rings. The first-order valence-electron chi connectivity index (χ1n) is 10.00. The quantitative estimate of drug-likeness (QED) is 0.526. The fourth-order valence-electron chi connectivity index (χ4n) is 3.80. The fraction of sp³-hybridized carbons (Fsp3) is 0.292. The van der Waals surface area contributed by atoms with Gasteiger partial charge in [0.1, 0.15) is 18.2 Å². The first kappa shape index (κ1) is 19.2. The van der Waals surface area contributed by atoms with Crippen molar-refractivity contribution >= 4 is 5.91 Å². The van der Waals surface area contributed by atoms with Gasteiger partial charge in [-0.1, -0.05) is 37.1 Å². The average Bonchev–Trinajstić information content (AvgIpc) is 3.46. The molecule has 0 saturated heterocycles. The fourth-order valence-corrected chi connectivity index (χ4v) is 3.80. The molecule has 0 bridgehead atoms. The third-order valence-corrected chi connectivity index (χ3v) is 5.33. The number of carbonyl (C=O) groups excluding carboxylic acids is 1. The second-order valence-electron chi connectivity index (χ2n) is 7.41. The highest BCUT2D eigenvalue weighted by atomic mass is 19.1. The smallest absolute Gasteiger partial charge is 0.290 e. The molecule has 0 atom stereocenters. The molecule has 0 spiro atoms. The number of nitrogens with zero attached hydrogens (tertiary/aromatic N) is 1. The Labute approximate surface area is 169 Å². The summed E-state index contributed by atoms with van der Waals surface area (Å²) in [5.74, 6) is 0.771. The second-order valence-corrected chi connectivity index (χ2v) is 7.41. The molecule has 3 aromatic rings. The zero-order valence-electron chi connectivity index (χ0n) is 16.2. The van der Waals surface area contributed by atoms with Crippen LogP contribution in [0.5, 0.6) is 5.75 Å². The lowest BCUT2D eigenvalue weighted by Gasteiger charge is -2.28. The Hall–Kier alpha value is -3.08. The number of furan rings is 1. The van der Waals surface area contributed by atoms with Crippen LogP contribution in [0.2, 0.25) is 0 Å². The molecule has 0 radical (unpaired) electrons. The molecule has 29 heavy (non-hydrogen) atoms. The van der Waals surface area contributed by atoms with Crippen molar-refractivity contribution in [2.75, 3.05) is 0 Å². The Morgan fingerprint density at radius 2 is 1.83 bits per heavy atom. The van der Waals surface area contributed by atoms with E-state index in [0.29, 0.717) is 18.9 Å². The van der Waals surface area contributed by atoms with Crippen molar-refractivity contribution in [1.29, 1.82) is 0 Å². The summed E-state index contributed by atoms with van der Waals surface area (Å²) in [7, 11) is 0. The second kappa shape index (κ2) is 8.95. The normalized spacial score (nSPS) is 14.1. The van der Waals surface area contributed by atoms with Gasteiger partial charge in [0.2, 0.25) is 0 Å². The molecular formula is C24H24FNO3. The highest BCUT2D eigenvalue weighted by molar-refractivity contribution is 5.91. The molecule has 2 aromatic carbocycles. The Bertz CT molecular complexity index is 931. The third-order valence-electron chi connectivity index (χ3n) is 5.33. The number of hydrogen-bond acceptors (Lipinski definition) is 3. The van der Waals surface area contributed by atoms with Crippen LogP contribution in [0, 0.1) is 5.82 Å². The van der Waals surface area contributed by atoms with Gasteiger partial charge < -0.3 is 14.1 Å².